The van der Waals surface area contributed by atoms with Crippen LogP contribution in [0.1, 0.15) is 142 Å². The molecule has 0 spiro atoms. The second kappa shape index (κ2) is 31.4. The van der Waals surface area contributed by atoms with Crippen LogP contribution in [-0.4, -0.2) is 36.4 Å². The van der Waals surface area contributed by atoms with E-state index >= 15 is 0 Å². The summed E-state index contributed by atoms with van der Waals surface area (Å²) in [6.07, 6.45) is 37.3. The molecule has 0 aromatic heterocycles. The average Bonchev–Trinajstić information content (AvgIpc) is 2.95. The minimum atomic E-state index is -0.980. The van der Waals surface area contributed by atoms with Crippen molar-refractivity contribution in [2.75, 3.05) is 13.2 Å². The normalized spacial score (nSPS) is 12.8. The zero-order chi connectivity index (χ0) is 29.4. The highest BCUT2D eigenvalue weighted by Crippen LogP contribution is 2.10. The molecule has 5 heteroatoms. The highest BCUT2D eigenvalue weighted by molar-refractivity contribution is 5.69. The van der Waals surface area contributed by atoms with Crippen LogP contribution >= 0.6 is 0 Å². The van der Waals surface area contributed by atoms with Gasteiger partial charge in [0.15, 0.2) is 0 Å². The largest absolute Gasteiger partial charge is 0.463 e. The standard InChI is InChI=1S/C35H60O5/c1-3-5-7-9-11-13-15-16-17-18-20-22-24-26-28-30-35(38)40-32-33(36)31-39-34(37)29-27-25-23-21-19-14-12-10-8-6-4-2/h5,7,11,13,16-17,21,23,33,36H,3-4,6,8-10,12,14-15,18-20,22,24-32H2,1-2H3/b7-5-,13-11-,17-16-,23-21-/t33-/m1/s1. The summed E-state index contributed by atoms with van der Waals surface area (Å²) >= 11 is 0. The van der Waals surface area contributed by atoms with Gasteiger partial charge in [0.1, 0.15) is 19.3 Å². The summed E-state index contributed by atoms with van der Waals surface area (Å²) in [5, 5.41) is 9.93. The molecule has 0 heterocycles. The van der Waals surface area contributed by atoms with Gasteiger partial charge in [0.25, 0.3) is 0 Å². The van der Waals surface area contributed by atoms with E-state index in [9.17, 15) is 14.7 Å². The van der Waals surface area contributed by atoms with Crippen molar-refractivity contribution in [3.63, 3.8) is 0 Å². The van der Waals surface area contributed by atoms with Gasteiger partial charge in [0, 0.05) is 12.8 Å². The van der Waals surface area contributed by atoms with Crippen molar-refractivity contribution in [2.24, 2.45) is 0 Å². The van der Waals surface area contributed by atoms with E-state index in [2.05, 4.69) is 62.5 Å². The van der Waals surface area contributed by atoms with Gasteiger partial charge in [-0.05, 0) is 64.2 Å². The molecule has 0 aromatic carbocycles. The fraction of sp³-hybridized carbons (Fsp3) is 0.714. The Morgan fingerprint density at radius 2 is 0.975 bits per heavy atom. The number of allylic oxidation sites excluding steroid dienone is 8. The number of unbranched alkanes of at least 4 members (excludes halogenated alkanes) is 12. The van der Waals surface area contributed by atoms with Crippen LogP contribution < -0.4 is 0 Å². The smallest absolute Gasteiger partial charge is 0.305 e. The van der Waals surface area contributed by atoms with Gasteiger partial charge in [-0.15, -0.1) is 0 Å². The average molecular weight is 561 g/mol. The van der Waals surface area contributed by atoms with Gasteiger partial charge in [0.2, 0.25) is 0 Å². The topological polar surface area (TPSA) is 72.8 Å². The minimum Gasteiger partial charge on any atom is -0.463 e. The molecular formula is C35H60O5. The van der Waals surface area contributed by atoms with Crippen molar-refractivity contribution < 1.29 is 24.2 Å². The van der Waals surface area contributed by atoms with Gasteiger partial charge in [0.05, 0.1) is 0 Å². The number of carbonyl (C=O) groups excluding carboxylic acids is 2. The first-order valence-electron chi connectivity index (χ1n) is 16.2. The Morgan fingerprint density at radius 3 is 1.55 bits per heavy atom. The quantitative estimate of drug-likeness (QED) is 0.0586. The molecule has 0 bridgehead atoms. The van der Waals surface area contributed by atoms with Crippen molar-refractivity contribution in [1.82, 2.24) is 0 Å². The van der Waals surface area contributed by atoms with Crippen molar-refractivity contribution >= 4 is 11.9 Å². The van der Waals surface area contributed by atoms with Gasteiger partial charge >= 0.3 is 11.9 Å². The Labute approximate surface area is 246 Å². The van der Waals surface area contributed by atoms with Crippen LogP contribution in [0.3, 0.4) is 0 Å². The second-order valence-electron chi connectivity index (χ2n) is 10.5. The Kier molecular flexibility index (Phi) is 29.7. The summed E-state index contributed by atoms with van der Waals surface area (Å²) in [5.41, 5.74) is 0. The molecule has 0 aliphatic carbocycles. The molecule has 40 heavy (non-hydrogen) atoms. The summed E-state index contributed by atoms with van der Waals surface area (Å²) in [6.45, 7) is 4.11. The lowest BCUT2D eigenvalue weighted by Gasteiger charge is -2.12. The molecule has 0 fully saturated rings. The fourth-order valence-electron chi connectivity index (χ4n) is 4.10. The summed E-state index contributed by atoms with van der Waals surface area (Å²) in [7, 11) is 0. The Hall–Kier alpha value is -2.14. The lowest BCUT2D eigenvalue weighted by molar-refractivity contribution is -0.152. The third kappa shape index (κ3) is 30.4. The van der Waals surface area contributed by atoms with Crippen molar-refractivity contribution in [3.8, 4) is 0 Å². The summed E-state index contributed by atoms with van der Waals surface area (Å²) in [4.78, 5) is 23.7. The number of hydrogen-bond acceptors (Lipinski definition) is 5. The molecule has 0 rings (SSSR count). The van der Waals surface area contributed by atoms with Crippen LogP contribution in [0.2, 0.25) is 0 Å². The fourth-order valence-corrected chi connectivity index (χ4v) is 4.10. The van der Waals surface area contributed by atoms with Gasteiger partial charge in [-0.25, -0.2) is 0 Å². The van der Waals surface area contributed by atoms with Crippen LogP contribution in [0.5, 0.6) is 0 Å². The maximum Gasteiger partial charge on any atom is 0.305 e. The van der Waals surface area contributed by atoms with E-state index < -0.39 is 6.10 Å². The maximum atomic E-state index is 11.9. The maximum absolute atomic E-state index is 11.9. The van der Waals surface area contributed by atoms with Crippen LogP contribution in [-0.2, 0) is 19.1 Å². The third-order valence-electron chi connectivity index (χ3n) is 6.55. The third-order valence-corrected chi connectivity index (χ3v) is 6.55. The number of aliphatic hydroxyl groups is 1. The zero-order valence-electron chi connectivity index (χ0n) is 25.8. The van der Waals surface area contributed by atoms with E-state index in [0.29, 0.717) is 12.8 Å². The number of aliphatic hydroxyl groups excluding tert-OH is 1. The zero-order valence-corrected chi connectivity index (χ0v) is 25.8. The molecule has 1 atom stereocenters. The molecule has 0 aromatic rings. The summed E-state index contributed by atoms with van der Waals surface area (Å²) in [6, 6.07) is 0. The SMILES string of the molecule is CC/C=C\C/C=C\C/C=C\CCCCCCCC(=O)OC[C@H](O)COC(=O)CCC/C=C\CCCCCCCC. The Balaban J connectivity index is 3.53. The molecular weight excluding hydrogens is 500 g/mol. The van der Waals surface area contributed by atoms with Crippen LogP contribution in [0, 0.1) is 0 Å². The minimum absolute atomic E-state index is 0.135. The van der Waals surface area contributed by atoms with Crippen molar-refractivity contribution in [2.45, 2.75) is 148 Å². The van der Waals surface area contributed by atoms with Crippen molar-refractivity contribution in [3.05, 3.63) is 48.6 Å². The first-order valence-corrected chi connectivity index (χ1v) is 16.2. The molecule has 0 aliphatic heterocycles. The highest BCUT2D eigenvalue weighted by Gasteiger charge is 2.11. The predicted octanol–water partition coefficient (Wildman–Crippen LogP) is 9.50. The van der Waals surface area contributed by atoms with E-state index in [-0.39, 0.29) is 25.2 Å². The van der Waals surface area contributed by atoms with Gasteiger partial charge < -0.3 is 14.6 Å². The molecule has 0 saturated carbocycles. The monoisotopic (exact) mass is 560 g/mol. The number of ether oxygens (including phenoxy) is 2. The van der Waals surface area contributed by atoms with Gasteiger partial charge in [-0.3, -0.25) is 9.59 Å². The lowest BCUT2D eigenvalue weighted by Crippen LogP contribution is -2.25. The molecule has 230 valence electrons. The number of hydrogen-bond donors (Lipinski definition) is 1. The van der Waals surface area contributed by atoms with E-state index in [1.807, 2.05) is 0 Å². The molecule has 0 amide bonds. The second-order valence-corrected chi connectivity index (χ2v) is 10.5. The molecule has 0 radical (unpaired) electrons. The number of carbonyl (C=O) groups is 2. The van der Waals surface area contributed by atoms with Crippen LogP contribution in [0.4, 0.5) is 0 Å². The van der Waals surface area contributed by atoms with Gasteiger partial charge in [-0.2, -0.15) is 0 Å². The first kappa shape index (κ1) is 37.9. The van der Waals surface area contributed by atoms with E-state index in [0.717, 1.165) is 70.6 Å². The summed E-state index contributed by atoms with van der Waals surface area (Å²) in [5.74, 6) is -0.628. The number of rotatable bonds is 28. The van der Waals surface area contributed by atoms with Crippen LogP contribution in [0.25, 0.3) is 0 Å². The molecule has 1 N–H and O–H groups in total. The molecule has 5 nitrogen and oxygen atoms in total. The van der Waals surface area contributed by atoms with Crippen molar-refractivity contribution in [1.29, 1.82) is 0 Å². The molecule has 0 aliphatic rings. The predicted molar refractivity (Wildman–Crippen MR) is 168 cm³/mol. The van der Waals surface area contributed by atoms with E-state index in [4.69, 9.17) is 9.47 Å². The van der Waals surface area contributed by atoms with E-state index in [1.54, 1.807) is 0 Å². The molecule has 0 saturated heterocycles. The highest BCUT2D eigenvalue weighted by atomic mass is 16.6. The Bertz CT molecular complexity index is 692. The van der Waals surface area contributed by atoms with Crippen LogP contribution in [0.15, 0.2) is 48.6 Å². The van der Waals surface area contributed by atoms with E-state index in [1.165, 1.54) is 44.9 Å². The number of esters is 2. The molecule has 0 unspecified atom stereocenters. The summed E-state index contributed by atoms with van der Waals surface area (Å²) < 4.78 is 10.2. The Morgan fingerprint density at radius 1 is 0.550 bits per heavy atom. The lowest BCUT2D eigenvalue weighted by atomic mass is 10.1. The van der Waals surface area contributed by atoms with Gasteiger partial charge in [-0.1, -0.05) is 114 Å². The first-order chi connectivity index (χ1) is 19.6.